The van der Waals surface area contributed by atoms with Gasteiger partial charge in [-0.25, -0.2) is 16.8 Å². The van der Waals surface area contributed by atoms with Crippen LogP contribution in [0.2, 0.25) is 5.02 Å². The monoisotopic (exact) mass is 366 g/mol. The van der Waals surface area contributed by atoms with Crippen molar-refractivity contribution >= 4 is 31.5 Å². The van der Waals surface area contributed by atoms with Crippen molar-refractivity contribution in [3.8, 4) is 0 Å². The molecular weight excluding hydrogens is 348 g/mol. The lowest BCUT2D eigenvalue weighted by molar-refractivity contribution is 0.263. The van der Waals surface area contributed by atoms with Gasteiger partial charge >= 0.3 is 0 Å². The normalized spacial score (nSPS) is 24.4. The Morgan fingerprint density at radius 2 is 1.68 bits per heavy atom. The molecule has 1 aliphatic rings. The topological polar surface area (TPSA) is 83.6 Å². The molecule has 0 saturated carbocycles. The molecule has 1 N–H and O–H groups in total. The minimum atomic E-state index is -3.84. The number of nitrogens with one attached hydrogen (secondary N) is 1. The SMILES string of the molecule is CC1CN(S(=O)(=O)c2cc(S(C)(=O)=O)ccc2Cl)CC(C)N1. The van der Waals surface area contributed by atoms with Gasteiger partial charge in [0, 0.05) is 31.4 Å². The van der Waals surface area contributed by atoms with Crippen molar-refractivity contribution in [1.29, 1.82) is 0 Å². The minimum Gasteiger partial charge on any atom is -0.309 e. The highest BCUT2D eigenvalue weighted by Gasteiger charge is 2.33. The van der Waals surface area contributed by atoms with Gasteiger partial charge in [-0.2, -0.15) is 4.31 Å². The number of piperazine rings is 1. The van der Waals surface area contributed by atoms with Crippen LogP contribution in [0.4, 0.5) is 0 Å². The predicted molar refractivity (Wildman–Crippen MR) is 85.4 cm³/mol. The second-order valence-corrected chi connectivity index (χ2v) is 9.98. The van der Waals surface area contributed by atoms with E-state index < -0.39 is 19.9 Å². The molecule has 1 saturated heterocycles. The van der Waals surface area contributed by atoms with Crippen molar-refractivity contribution in [2.45, 2.75) is 35.7 Å². The Morgan fingerprint density at radius 3 is 2.18 bits per heavy atom. The van der Waals surface area contributed by atoms with Crippen molar-refractivity contribution < 1.29 is 16.8 Å². The van der Waals surface area contributed by atoms with Crippen LogP contribution in [0.3, 0.4) is 0 Å². The summed E-state index contributed by atoms with van der Waals surface area (Å²) in [6.07, 6.45) is 1.03. The maximum atomic E-state index is 12.8. The molecule has 9 heteroatoms. The molecule has 1 fully saturated rings. The molecule has 2 atom stereocenters. The number of nitrogens with zero attached hydrogens (tertiary/aromatic N) is 1. The average Bonchev–Trinajstić information content (AvgIpc) is 2.36. The van der Waals surface area contributed by atoms with E-state index in [0.29, 0.717) is 13.1 Å². The van der Waals surface area contributed by atoms with E-state index in [1.807, 2.05) is 13.8 Å². The highest BCUT2D eigenvalue weighted by atomic mass is 35.5. The van der Waals surface area contributed by atoms with Gasteiger partial charge in [-0.15, -0.1) is 0 Å². The lowest BCUT2D eigenvalue weighted by Crippen LogP contribution is -2.55. The van der Waals surface area contributed by atoms with Crippen LogP contribution in [0.1, 0.15) is 13.8 Å². The Kier molecular flexibility index (Phi) is 4.89. The van der Waals surface area contributed by atoms with Crippen LogP contribution in [0.15, 0.2) is 28.0 Å². The third-order valence-electron chi connectivity index (χ3n) is 3.47. The summed E-state index contributed by atoms with van der Waals surface area (Å²) < 4.78 is 50.2. The summed E-state index contributed by atoms with van der Waals surface area (Å²) in [7, 11) is -7.35. The Morgan fingerprint density at radius 1 is 1.14 bits per heavy atom. The van der Waals surface area contributed by atoms with Gasteiger partial charge < -0.3 is 5.32 Å². The van der Waals surface area contributed by atoms with Gasteiger partial charge in [0.15, 0.2) is 9.84 Å². The van der Waals surface area contributed by atoms with Crippen molar-refractivity contribution in [1.82, 2.24) is 9.62 Å². The van der Waals surface area contributed by atoms with E-state index in [9.17, 15) is 16.8 Å². The van der Waals surface area contributed by atoms with Crippen molar-refractivity contribution in [3.63, 3.8) is 0 Å². The Bertz CT molecular complexity index is 767. The average molecular weight is 367 g/mol. The van der Waals surface area contributed by atoms with E-state index in [1.54, 1.807) is 0 Å². The molecule has 1 aliphatic heterocycles. The zero-order chi connectivity index (χ0) is 16.7. The Labute approximate surface area is 136 Å². The molecule has 0 aromatic heterocycles. The lowest BCUT2D eigenvalue weighted by Gasteiger charge is -2.35. The molecule has 0 amide bonds. The molecule has 0 aliphatic carbocycles. The highest BCUT2D eigenvalue weighted by Crippen LogP contribution is 2.28. The zero-order valence-electron chi connectivity index (χ0n) is 12.6. The molecule has 1 aromatic carbocycles. The Hall–Kier alpha value is -0.670. The molecule has 6 nitrogen and oxygen atoms in total. The summed E-state index contributed by atoms with van der Waals surface area (Å²) >= 11 is 6.01. The van der Waals surface area contributed by atoms with E-state index in [2.05, 4.69) is 5.32 Å². The molecule has 2 rings (SSSR count). The van der Waals surface area contributed by atoms with Gasteiger partial charge in [-0.3, -0.25) is 0 Å². The number of halogens is 1. The second kappa shape index (κ2) is 6.09. The predicted octanol–water partition coefficient (Wildman–Crippen LogP) is 1.11. The molecule has 0 radical (unpaired) electrons. The quantitative estimate of drug-likeness (QED) is 0.866. The van der Waals surface area contributed by atoms with Crippen LogP contribution in [-0.4, -0.2) is 52.6 Å². The summed E-state index contributed by atoms with van der Waals surface area (Å²) in [4.78, 5) is -0.231. The molecule has 1 heterocycles. The maximum absolute atomic E-state index is 12.8. The third kappa shape index (κ3) is 3.62. The first-order valence-corrected chi connectivity index (χ1v) is 10.5. The van der Waals surface area contributed by atoms with E-state index >= 15 is 0 Å². The first-order chi connectivity index (χ1) is 10.0. The summed E-state index contributed by atoms with van der Waals surface area (Å²) in [5, 5.41) is 3.27. The van der Waals surface area contributed by atoms with Crippen LogP contribution in [0.25, 0.3) is 0 Å². The number of hydrogen-bond donors (Lipinski definition) is 1. The van der Waals surface area contributed by atoms with Gasteiger partial charge in [-0.05, 0) is 32.0 Å². The fourth-order valence-electron chi connectivity index (χ4n) is 2.52. The van der Waals surface area contributed by atoms with Crippen LogP contribution in [-0.2, 0) is 19.9 Å². The maximum Gasteiger partial charge on any atom is 0.244 e. The van der Waals surface area contributed by atoms with E-state index in [1.165, 1.54) is 16.4 Å². The van der Waals surface area contributed by atoms with Crippen molar-refractivity contribution in [2.24, 2.45) is 0 Å². The molecule has 0 spiro atoms. The molecule has 124 valence electrons. The summed E-state index contributed by atoms with van der Waals surface area (Å²) in [6, 6.07) is 3.76. The largest absolute Gasteiger partial charge is 0.309 e. The number of rotatable bonds is 3. The van der Waals surface area contributed by atoms with Crippen LogP contribution in [0, 0.1) is 0 Å². The van der Waals surface area contributed by atoms with Gasteiger partial charge in [0.25, 0.3) is 0 Å². The van der Waals surface area contributed by atoms with Crippen molar-refractivity contribution in [2.75, 3.05) is 19.3 Å². The first kappa shape index (κ1) is 17.7. The molecule has 2 unspecified atom stereocenters. The molecule has 22 heavy (non-hydrogen) atoms. The molecule has 0 bridgehead atoms. The van der Waals surface area contributed by atoms with Gasteiger partial charge in [0.2, 0.25) is 10.0 Å². The molecule has 1 aromatic rings. The number of sulfonamides is 1. The van der Waals surface area contributed by atoms with Gasteiger partial charge in [0.05, 0.1) is 9.92 Å². The van der Waals surface area contributed by atoms with Crippen LogP contribution < -0.4 is 5.32 Å². The van der Waals surface area contributed by atoms with Gasteiger partial charge in [-0.1, -0.05) is 11.6 Å². The summed E-state index contributed by atoms with van der Waals surface area (Å²) in [5.74, 6) is 0. The number of hydrogen-bond acceptors (Lipinski definition) is 5. The fraction of sp³-hybridized carbons (Fsp3) is 0.538. The Balaban J connectivity index is 2.49. The van der Waals surface area contributed by atoms with E-state index in [0.717, 1.165) is 12.3 Å². The summed E-state index contributed by atoms with van der Waals surface area (Å²) in [5.41, 5.74) is 0. The highest BCUT2D eigenvalue weighted by molar-refractivity contribution is 7.91. The zero-order valence-corrected chi connectivity index (χ0v) is 15.0. The van der Waals surface area contributed by atoms with Crippen LogP contribution >= 0.6 is 11.6 Å². The minimum absolute atomic E-state index is 0.00962. The number of sulfone groups is 1. The van der Waals surface area contributed by atoms with E-state index in [-0.39, 0.29) is 26.9 Å². The standard InChI is InChI=1S/C13H19ClN2O4S2/c1-9-7-16(8-10(2)15-9)22(19,20)13-6-11(21(3,17)18)4-5-12(13)14/h4-6,9-10,15H,7-8H2,1-3H3. The fourth-order valence-corrected chi connectivity index (χ4v) is 5.36. The lowest BCUT2D eigenvalue weighted by atomic mass is 10.2. The smallest absolute Gasteiger partial charge is 0.244 e. The van der Waals surface area contributed by atoms with E-state index in [4.69, 9.17) is 11.6 Å². The third-order valence-corrected chi connectivity index (χ3v) is 6.90. The van der Waals surface area contributed by atoms with Crippen LogP contribution in [0.5, 0.6) is 0 Å². The van der Waals surface area contributed by atoms with Gasteiger partial charge in [0.1, 0.15) is 4.90 Å². The summed E-state index contributed by atoms with van der Waals surface area (Å²) in [6.45, 7) is 4.41. The van der Waals surface area contributed by atoms with Crippen molar-refractivity contribution in [3.05, 3.63) is 23.2 Å². The number of benzene rings is 1. The first-order valence-electron chi connectivity index (χ1n) is 6.77. The molecular formula is C13H19ClN2O4S2. The second-order valence-electron chi connectivity index (χ2n) is 5.66.